The second kappa shape index (κ2) is 4.51. The van der Waals surface area contributed by atoms with Crippen LogP contribution in [0.15, 0.2) is 12.3 Å². The molecule has 1 atom stereocenters. The first-order valence-corrected chi connectivity index (χ1v) is 4.90. The zero-order valence-corrected chi connectivity index (χ0v) is 8.27. The van der Waals surface area contributed by atoms with Crippen LogP contribution in [0.4, 0.5) is 0 Å². The van der Waals surface area contributed by atoms with Gasteiger partial charge in [-0.2, -0.15) is 0 Å². The lowest BCUT2D eigenvalue weighted by atomic mass is 10.0. The molecule has 0 saturated carbocycles. The van der Waals surface area contributed by atoms with Gasteiger partial charge in [-0.1, -0.05) is 20.4 Å². The number of piperazine rings is 1. The van der Waals surface area contributed by atoms with E-state index in [9.17, 15) is 0 Å². The maximum absolute atomic E-state index is 4.15. The fourth-order valence-corrected chi connectivity index (χ4v) is 1.50. The predicted molar refractivity (Wildman–Crippen MR) is 53.0 cm³/mol. The summed E-state index contributed by atoms with van der Waals surface area (Å²) in [5, 5.41) is 3.34. The number of nitrogens with one attached hydrogen (secondary N) is 1. The highest BCUT2D eigenvalue weighted by Gasteiger charge is 2.14. The van der Waals surface area contributed by atoms with Gasteiger partial charge in [-0.05, 0) is 12.3 Å². The highest BCUT2D eigenvalue weighted by atomic mass is 15.2. The molecule has 1 saturated heterocycles. The van der Waals surface area contributed by atoms with Crippen molar-refractivity contribution in [1.82, 2.24) is 10.2 Å². The van der Waals surface area contributed by atoms with Gasteiger partial charge in [0.1, 0.15) is 0 Å². The normalized spacial score (nSPS) is 20.7. The zero-order chi connectivity index (χ0) is 8.97. The third-order valence-electron chi connectivity index (χ3n) is 2.70. The van der Waals surface area contributed by atoms with Crippen LogP contribution in [0.2, 0.25) is 0 Å². The molecule has 1 rings (SSSR count). The summed E-state index contributed by atoms with van der Waals surface area (Å²) in [5.74, 6) is 0.642. The Kier molecular flexibility index (Phi) is 3.60. The van der Waals surface area contributed by atoms with Gasteiger partial charge in [0.2, 0.25) is 0 Å². The molecular weight excluding hydrogens is 148 g/mol. The second-order valence-corrected chi connectivity index (χ2v) is 3.54. The average Bonchev–Trinajstić information content (AvgIpc) is 2.17. The molecular formula is C10H20N2. The summed E-state index contributed by atoms with van der Waals surface area (Å²) in [6.07, 6.45) is 1.20. The molecule has 1 aliphatic rings. The van der Waals surface area contributed by atoms with Gasteiger partial charge in [0.05, 0.1) is 0 Å². The molecule has 2 heteroatoms. The minimum Gasteiger partial charge on any atom is -0.373 e. The molecule has 70 valence electrons. The summed E-state index contributed by atoms with van der Waals surface area (Å²) in [6, 6.07) is 0. The highest BCUT2D eigenvalue weighted by Crippen LogP contribution is 2.16. The van der Waals surface area contributed by atoms with Gasteiger partial charge >= 0.3 is 0 Å². The van der Waals surface area contributed by atoms with Crippen LogP contribution in [0.1, 0.15) is 20.3 Å². The topological polar surface area (TPSA) is 15.3 Å². The lowest BCUT2D eigenvalue weighted by molar-refractivity contribution is 0.271. The Balaban J connectivity index is 2.39. The first kappa shape index (κ1) is 9.59. The van der Waals surface area contributed by atoms with Crippen molar-refractivity contribution in [3.05, 3.63) is 12.3 Å². The Morgan fingerprint density at radius 1 is 1.50 bits per heavy atom. The van der Waals surface area contributed by atoms with E-state index in [2.05, 4.69) is 30.6 Å². The molecule has 2 nitrogen and oxygen atoms in total. The van der Waals surface area contributed by atoms with E-state index in [0.29, 0.717) is 5.92 Å². The van der Waals surface area contributed by atoms with Gasteiger partial charge in [0, 0.05) is 31.9 Å². The van der Waals surface area contributed by atoms with Crippen molar-refractivity contribution >= 4 is 0 Å². The van der Waals surface area contributed by atoms with Crippen molar-refractivity contribution in [3.63, 3.8) is 0 Å². The lowest BCUT2D eigenvalue weighted by Crippen LogP contribution is -2.43. The largest absolute Gasteiger partial charge is 0.373 e. The Labute approximate surface area is 75.6 Å². The van der Waals surface area contributed by atoms with E-state index < -0.39 is 0 Å². The van der Waals surface area contributed by atoms with E-state index in [4.69, 9.17) is 0 Å². The van der Waals surface area contributed by atoms with Crippen LogP contribution < -0.4 is 5.32 Å². The van der Waals surface area contributed by atoms with Crippen LogP contribution in [0, 0.1) is 5.92 Å². The Bertz CT molecular complexity index is 148. The molecule has 12 heavy (non-hydrogen) atoms. The number of hydrogen-bond donors (Lipinski definition) is 1. The van der Waals surface area contributed by atoms with Crippen LogP contribution in [0.3, 0.4) is 0 Å². The minimum absolute atomic E-state index is 0.642. The monoisotopic (exact) mass is 168 g/mol. The number of allylic oxidation sites excluding steroid dienone is 1. The average molecular weight is 168 g/mol. The predicted octanol–water partition coefficient (Wildman–Crippen LogP) is 1.45. The lowest BCUT2D eigenvalue weighted by Gasteiger charge is -2.33. The van der Waals surface area contributed by atoms with Crippen LogP contribution in [-0.2, 0) is 0 Å². The van der Waals surface area contributed by atoms with Crippen molar-refractivity contribution < 1.29 is 0 Å². The Morgan fingerprint density at radius 3 is 2.58 bits per heavy atom. The summed E-state index contributed by atoms with van der Waals surface area (Å²) < 4.78 is 0. The Morgan fingerprint density at radius 2 is 2.08 bits per heavy atom. The van der Waals surface area contributed by atoms with Crippen LogP contribution >= 0.6 is 0 Å². The van der Waals surface area contributed by atoms with Gasteiger partial charge in [-0.15, -0.1) is 0 Å². The van der Waals surface area contributed by atoms with Crippen molar-refractivity contribution in [2.75, 3.05) is 26.2 Å². The van der Waals surface area contributed by atoms with Crippen LogP contribution in [0.5, 0.6) is 0 Å². The Hall–Kier alpha value is -0.500. The summed E-state index contributed by atoms with van der Waals surface area (Å²) in [4.78, 5) is 2.41. The first-order chi connectivity index (χ1) is 5.75. The van der Waals surface area contributed by atoms with Crippen LogP contribution in [-0.4, -0.2) is 31.1 Å². The maximum Gasteiger partial charge on any atom is 0.0300 e. The molecule has 1 fully saturated rings. The zero-order valence-electron chi connectivity index (χ0n) is 8.27. The molecule has 0 aromatic carbocycles. The molecule has 0 aromatic rings. The fourth-order valence-electron chi connectivity index (χ4n) is 1.50. The summed E-state index contributed by atoms with van der Waals surface area (Å²) >= 11 is 0. The highest BCUT2D eigenvalue weighted by molar-refractivity contribution is 4.99. The van der Waals surface area contributed by atoms with Crippen molar-refractivity contribution in [1.29, 1.82) is 0 Å². The standard InChI is InChI=1S/C10H20N2/c1-4-9(2)10(3)12-7-5-11-6-8-12/h9,11H,3-8H2,1-2H3. The number of nitrogens with zero attached hydrogens (tertiary/aromatic N) is 1. The SMILES string of the molecule is C=C(C(C)CC)N1CCNCC1. The smallest absolute Gasteiger partial charge is 0.0300 e. The van der Waals surface area contributed by atoms with Gasteiger partial charge in [-0.3, -0.25) is 0 Å². The quantitative estimate of drug-likeness (QED) is 0.686. The van der Waals surface area contributed by atoms with Crippen molar-refractivity contribution in [2.24, 2.45) is 5.92 Å². The molecule has 0 amide bonds. The van der Waals surface area contributed by atoms with Gasteiger partial charge in [0.15, 0.2) is 0 Å². The third kappa shape index (κ3) is 2.24. The van der Waals surface area contributed by atoms with Crippen molar-refractivity contribution in [3.8, 4) is 0 Å². The molecule has 0 bridgehead atoms. The van der Waals surface area contributed by atoms with Crippen LogP contribution in [0.25, 0.3) is 0 Å². The van der Waals surface area contributed by atoms with Crippen molar-refractivity contribution in [2.45, 2.75) is 20.3 Å². The molecule has 0 radical (unpaired) electrons. The third-order valence-corrected chi connectivity index (χ3v) is 2.70. The van der Waals surface area contributed by atoms with E-state index >= 15 is 0 Å². The molecule has 0 aliphatic carbocycles. The maximum atomic E-state index is 4.15. The fraction of sp³-hybridized carbons (Fsp3) is 0.800. The van der Waals surface area contributed by atoms with Gasteiger partial charge in [-0.25, -0.2) is 0 Å². The van der Waals surface area contributed by atoms with E-state index in [1.807, 2.05) is 0 Å². The summed E-state index contributed by atoms with van der Waals surface area (Å²) in [5.41, 5.74) is 1.32. The van der Waals surface area contributed by atoms with Gasteiger partial charge in [0.25, 0.3) is 0 Å². The molecule has 0 aromatic heterocycles. The van der Waals surface area contributed by atoms with E-state index in [0.717, 1.165) is 26.2 Å². The number of hydrogen-bond acceptors (Lipinski definition) is 2. The first-order valence-electron chi connectivity index (χ1n) is 4.90. The second-order valence-electron chi connectivity index (χ2n) is 3.54. The molecule has 1 unspecified atom stereocenters. The van der Waals surface area contributed by atoms with Gasteiger partial charge < -0.3 is 10.2 Å². The molecule has 0 spiro atoms. The number of rotatable bonds is 3. The van der Waals surface area contributed by atoms with E-state index in [1.54, 1.807) is 0 Å². The molecule has 1 N–H and O–H groups in total. The van der Waals surface area contributed by atoms with E-state index in [-0.39, 0.29) is 0 Å². The van der Waals surface area contributed by atoms with E-state index in [1.165, 1.54) is 12.1 Å². The minimum atomic E-state index is 0.642. The summed E-state index contributed by atoms with van der Waals surface area (Å²) in [7, 11) is 0. The summed E-state index contributed by atoms with van der Waals surface area (Å²) in [6.45, 7) is 13.1. The molecule has 1 aliphatic heterocycles. The molecule has 1 heterocycles.